The molecule has 5 heteroatoms. The lowest BCUT2D eigenvalue weighted by Crippen LogP contribution is -2.01. The number of carboxylic acids is 1. The van der Waals surface area contributed by atoms with Gasteiger partial charge in [-0.05, 0) is 0 Å². The van der Waals surface area contributed by atoms with Gasteiger partial charge in [-0.15, -0.1) is 0 Å². The summed E-state index contributed by atoms with van der Waals surface area (Å²) in [6.07, 6.45) is 1.58. The van der Waals surface area contributed by atoms with Crippen LogP contribution in [-0.2, 0) is 4.79 Å². The number of hydrogen-bond donors (Lipinski definition) is 1. The van der Waals surface area contributed by atoms with Gasteiger partial charge in [0.1, 0.15) is 5.76 Å². The lowest BCUT2D eigenvalue weighted by atomic mass is 10.1. The molecule has 0 aliphatic heterocycles. The Bertz CT molecular complexity index is 284. The lowest BCUT2D eigenvalue weighted by Gasteiger charge is -2.01. The molecule has 66 valence electrons. The van der Waals surface area contributed by atoms with Crippen LogP contribution in [0.1, 0.15) is 25.0 Å². The average molecular weight is 234 g/mol. The van der Waals surface area contributed by atoms with Crippen molar-refractivity contribution in [1.29, 1.82) is 0 Å². The van der Waals surface area contributed by atoms with Crippen molar-refractivity contribution in [2.24, 2.45) is 0 Å². The van der Waals surface area contributed by atoms with Crippen LogP contribution in [0, 0.1) is 0 Å². The third kappa shape index (κ3) is 2.34. The topological polar surface area (TPSA) is 63.3 Å². The molecule has 1 heterocycles. The van der Waals surface area contributed by atoms with Gasteiger partial charge in [-0.3, -0.25) is 4.79 Å². The normalized spacial score (nSPS) is 12.8. The zero-order chi connectivity index (χ0) is 9.14. The summed E-state index contributed by atoms with van der Waals surface area (Å²) in [6.45, 7) is 1.78. The van der Waals surface area contributed by atoms with Crippen LogP contribution in [0.3, 0.4) is 0 Å². The van der Waals surface area contributed by atoms with Crippen molar-refractivity contribution in [3.63, 3.8) is 0 Å². The van der Waals surface area contributed by atoms with E-state index in [1.807, 2.05) is 0 Å². The van der Waals surface area contributed by atoms with Crippen LogP contribution >= 0.6 is 15.9 Å². The highest BCUT2D eigenvalue weighted by Gasteiger charge is 2.14. The van der Waals surface area contributed by atoms with Gasteiger partial charge >= 0.3 is 5.97 Å². The fourth-order valence-corrected chi connectivity index (χ4v) is 1.14. The number of halogens is 1. The van der Waals surface area contributed by atoms with E-state index in [2.05, 4.69) is 20.9 Å². The highest BCUT2D eigenvalue weighted by molar-refractivity contribution is 9.10. The van der Waals surface area contributed by atoms with Crippen LogP contribution in [0.15, 0.2) is 15.4 Å². The number of hydrogen-bond acceptors (Lipinski definition) is 3. The predicted molar refractivity (Wildman–Crippen MR) is 44.9 cm³/mol. The van der Waals surface area contributed by atoms with Crippen molar-refractivity contribution in [1.82, 2.24) is 4.98 Å². The van der Waals surface area contributed by atoms with Crippen LogP contribution in [0.4, 0.5) is 0 Å². The van der Waals surface area contributed by atoms with Gasteiger partial charge in [-0.25, -0.2) is 4.98 Å². The first-order valence-electron chi connectivity index (χ1n) is 3.42. The second kappa shape index (κ2) is 3.71. The van der Waals surface area contributed by atoms with Gasteiger partial charge in [0.25, 0.3) is 4.80 Å². The molecule has 0 amide bonds. The molecule has 0 aromatic carbocycles. The minimum Gasteiger partial charge on any atom is -0.481 e. The molecule has 0 saturated heterocycles. The van der Waals surface area contributed by atoms with Crippen molar-refractivity contribution in [3.05, 3.63) is 16.8 Å². The third-order valence-electron chi connectivity index (χ3n) is 1.46. The maximum Gasteiger partial charge on any atom is 0.304 e. The minimum absolute atomic E-state index is 0.0572. The van der Waals surface area contributed by atoms with Crippen molar-refractivity contribution in [2.45, 2.75) is 19.3 Å². The smallest absolute Gasteiger partial charge is 0.304 e. The second-order valence-electron chi connectivity index (χ2n) is 2.51. The van der Waals surface area contributed by atoms with E-state index < -0.39 is 5.97 Å². The number of carbonyl (C=O) groups is 1. The van der Waals surface area contributed by atoms with E-state index in [1.54, 1.807) is 6.92 Å². The van der Waals surface area contributed by atoms with Gasteiger partial charge in [0, 0.05) is 21.8 Å². The molecule has 0 aliphatic carbocycles. The number of rotatable bonds is 3. The van der Waals surface area contributed by atoms with Crippen LogP contribution in [0.2, 0.25) is 0 Å². The van der Waals surface area contributed by atoms with Crippen LogP contribution in [0.25, 0.3) is 0 Å². The Balaban J connectivity index is 2.64. The van der Waals surface area contributed by atoms with Crippen molar-refractivity contribution >= 4 is 21.9 Å². The van der Waals surface area contributed by atoms with E-state index >= 15 is 0 Å². The first-order valence-corrected chi connectivity index (χ1v) is 4.22. The maximum absolute atomic E-state index is 10.3. The molecule has 0 fully saturated rings. The van der Waals surface area contributed by atoms with Gasteiger partial charge in [0.2, 0.25) is 0 Å². The Kier molecular flexibility index (Phi) is 2.86. The van der Waals surface area contributed by atoms with E-state index in [-0.39, 0.29) is 12.3 Å². The Hall–Kier alpha value is -0.840. The highest BCUT2D eigenvalue weighted by atomic mass is 79.9. The van der Waals surface area contributed by atoms with Crippen LogP contribution < -0.4 is 0 Å². The molecule has 12 heavy (non-hydrogen) atoms. The molecule has 1 rings (SSSR count). The standard InChI is InChI=1S/C7H8BrNO3/c1-4(2-6(10)11)5-3-9-7(8)12-5/h3-4H,2H2,1H3,(H,10,11). The molecule has 0 saturated carbocycles. The Morgan fingerprint density at radius 2 is 2.58 bits per heavy atom. The van der Waals surface area contributed by atoms with Gasteiger partial charge in [0.15, 0.2) is 0 Å². The van der Waals surface area contributed by atoms with Crippen molar-refractivity contribution < 1.29 is 14.3 Å². The van der Waals surface area contributed by atoms with Crippen LogP contribution in [-0.4, -0.2) is 16.1 Å². The first kappa shape index (κ1) is 9.25. The number of aromatic nitrogens is 1. The number of carboxylic acid groups (broad SMARTS) is 1. The summed E-state index contributed by atoms with van der Waals surface area (Å²) in [5, 5.41) is 8.48. The SMILES string of the molecule is CC(CC(=O)O)c1cnc(Br)o1. The van der Waals surface area contributed by atoms with Gasteiger partial charge in [-0.1, -0.05) is 6.92 Å². The summed E-state index contributed by atoms with van der Waals surface area (Å²) in [6, 6.07) is 0. The van der Waals surface area contributed by atoms with Gasteiger partial charge < -0.3 is 9.52 Å². The third-order valence-corrected chi connectivity index (χ3v) is 1.83. The average Bonchev–Trinajstić information content (AvgIpc) is 2.34. The van der Waals surface area contributed by atoms with E-state index in [9.17, 15) is 4.79 Å². The zero-order valence-electron chi connectivity index (χ0n) is 6.45. The van der Waals surface area contributed by atoms with E-state index in [1.165, 1.54) is 6.20 Å². The molecule has 0 bridgehead atoms. The van der Waals surface area contributed by atoms with Crippen molar-refractivity contribution in [3.8, 4) is 0 Å². The monoisotopic (exact) mass is 233 g/mol. The maximum atomic E-state index is 10.3. The molecule has 1 N–H and O–H groups in total. The molecule has 1 unspecified atom stereocenters. The van der Waals surface area contributed by atoms with Gasteiger partial charge in [-0.2, -0.15) is 0 Å². The Morgan fingerprint density at radius 1 is 1.92 bits per heavy atom. The second-order valence-corrected chi connectivity index (χ2v) is 3.19. The lowest BCUT2D eigenvalue weighted by molar-refractivity contribution is -0.137. The highest BCUT2D eigenvalue weighted by Crippen LogP contribution is 2.21. The minimum atomic E-state index is -0.838. The molecule has 4 nitrogen and oxygen atoms in total. The van der Waals surface area contributed by atoms with E-state index in [0.29, 0.717) is 10.6 Å². The molecule has 0 aliphatic rings. The summed E-state index contributed by atoms with van der Waals surface area (Å²) in [5.74, 6) is -0.388. The van der Waals surface area contributed by atoms with E-state index in [4.69, 9.17) is 9.52 Å². The molecule has 1 aromatic rings. The number of aliphatic carboxylic acids is 1. The van der Waals surface area contributed by atoms with Crippen LogP contribution in [0.5, 0.6) is 0 Å². The summed E-state index contributed by atoms with van der Waals surface area (Å²) < 4.78 is 5.09. The zero-order valence-corrected chi connectivity index (χ0v) is 8.04. The summed E-state index contributed by atoms with van der Waals surface area (Å²) in [7, 11) is 0. The Morgan fingerprint density at radius 3 is 3.00 bits per heavy atom. The van der Waals surface area contributed by atoms with E-state index in [0.717, 1.165) is 0 Å². The molecule has 1 aromatic heterocycles. The molecular formula is C7H8BrNO3. The molecule has 1 atom stereocenters. The van der Waals surface area contributed by atoms with Gasteiger partial charge in [0.05, 0.1) is 12.6 Å². The summed E-state index contributed by atoms with van der Waals surface area (Å²) in [5.41, 5.74) is 0. The summed E-state index contributed by atoms with van der Waals surface area (Å²) >= 11 is 3.04. The number of nitrogens with zero attached hydrogens (tertiary/aromatic N) is 1. The largest absolute Gasteiger partial charge is 0.481 e. The first-order chi connectivity index (χ1) is 5.59. The van der Waals surface area contributed by atoms with Crippen molar-refractivity contribution in [2.75, 3.05) is 0 Å². The fraction of sp³-hybridized carbons (Fsp3) is 0.429. The quantitative estimate of drug-likeness (QED) is 0.868. The summed E-state index contributed by atoms with van der Waals surface area (Å²) in [4.78, 5) is 14.5. The molecular weight excluding hydrogens is 226 g/mol. The molecule has 0 radical (unpaired) electrons. The molecule has 0 spiro atoms. The fourth-order valence-electron chi connectivity index (χ4n) is 0.855. The Labute approximate surface area is 77.7 Å². The number of oxazole rings is 1. The predicted octanol–water partition coefficient (Wildman–Crippen LogP) is 2.02.